The van der Waals surface area contributed by atoms with Crippen LogP contribution in [0.2, 0.25) is 0 Å². The third kappa shape index (κ3) is 4.38. The van der Waals surface area contributed by atoms with Gasteiger partial charge in [0.1, 0.15) is 6.07 Å². The lowest BCUT2D eigenvalue weighted by molar-refractivity contribution is 1.17. The molecule has 0 N–H and O–H groups in total. The fourth-order valence-corrected chi connectivity index (χ4v) is 7.37. The number of rotatable bonds is 4. The third-order valence-corrected chi connectivity index (χ3v) is 9.60. The van der Waals surface area contributed by atoms with Gasteiger partial charge >= 0.3 is 0 Å². The molecule has 0 unspecified atom stereocenters. The van der Waals surface area contributed by atoms with E-state index in [0.717, 1.165) is 77.2 Å². The Morgan fingerprint density at radius 2 is 1.12 bits per heavy atom. The van der Waals surface area contributed by atoms with Gasteiger partial charge in [-0.05, 0) is 77.4 Å². The molecule has 2 aromatic heterocycles. The topological polar surface area (TPSA) is 61.8 Å². The van der Waals surface area contributed by atoms with Gasteiger partial charge in [0.25, 0.3) is 0 Å². The van der Waals surface area contributed by atoms with Gasteiger partial charge in [-0.25, -0.2) is 4.85 Å². The highest BCUT2D eigenvalue weighted by molar-refractivity contribution is 6.11. The second kappa shape index (κ2) is 11.4. The molecule has 7 aromatic carbocycles. The van der Waals surface area contributed by atoms with Crippen molar-refractivity contribution >= 4 is 49.3 Å². The van der Waals surface area contributed by atoms with E-state index in [0.29, 0.717) is 16.8 Å². The van der Waals surface area contributed by atoms with Gasteiger partial charge in [0, 0.05) is 32.6 Å². The number of para-hydroxylation sites is 3. The van der Waals surface area contributed by atoms with Crippen LogP contribution in [0.4, 0.5) is 5.69 Å². The first-order valence-corrected chi connectivity index (χ1v) is 16.3. The molecule has 50 heavy (non-hydrogen) atoms. The molecular formula is C45H25N5. The predicted molar refractivity (Wildman–Crippen MR) is 202 cm³/mol. The molecule has 0 aliphatic heterocycles. The minimum Gasteiger partial charge on any atom is -0.309 e. The van der Waals surface area contributed by atoms with E-state index >= 15 is 0 Å². The summed E-state index contributed by atoms with van der Waals surface area (Å²) in [5, 5.41) is 24.4. The monoisotopic (exact) mass is 635 g/mol. The SMILES string of the molecule is [C-]#[N+]c1ccc2c3ccccc3n(-c3ccc(-c4cccc(-c5ccccc5-n5c6ccccc6c6cc(C#N)ccc65)c4)cc3C#N)c2c1. The molecular weight excluding hydrogens is 611 g/mol. The van der Waals surface area contributed by atoms with Gasteiger partial charge in [0.05, 0.1) is 51.7 Å². The van der Waals surface area contributed by atoms with Crippen molar-refractivity contribution in [2.24, 2.45) is 0 Å². The highest BCUT2D eigenvalue weighted by Crippen LogP contribution is 2.39. The lowest BCUT2D eigenvalue weighted by Gasteiger charge is -2.15. The minimum absolute atomic E-state index is 0.547. The molecule has 0 atom stereocenters. The number of hydrogen-bond donors (Lipinski definition) is 0. The van der Waals surface area contributed by atoms with Crippen LogP contribution in [0.3, 0.4) is 0 Å². The zero-order valence-corrected chi connectivity index (χ0v) is 26.7. The smallest absolute Gasteiger partial charge is 0.189 e. The molecule has 0 aliphatic rings. The summed E-state index contributed by atoms with van der Waals surface area (Å²) in [6.07, 6.45) is 0. The molecule has 9 aromatic rings. The van der Waals surface area contributed by atoms with E-state index in [9.17, 15) is 10.5 Å². The van der Waals surface area contributed by atoms with Crippen LogP contribution in [0.5, 0.6) is 0 Å². The Balaban J connectivity index is 1.19. The van der Waals surface area contributed by atoms with Crippen LogP contribution >= 0.6 is 0 Å². The molecule has 5 nitrogen and oxygen atoms in total. The highest BCUT2D eigenvalue weighted by atomic mass is 15.0. The summed E-state index contributed by atoms with van der Waals surface area (Å²) in [7, 11) is 0. The van der Waals surface area contributed by atoms with Crippen molar-refractivity contribution in [1.29, 1.82) is 10.5 Å². The van der Waals surface area contributed by atoms with Gasteiger partial charge in [-0.15, -0.1) is 0 Å². The largest absolute Gasteiger partial charge is 0.309 e. The Labute approximate surface area is 288 Å². The van der Waals surface area contributed by atoms with Crippen LogP contribution in [0, 0.1) is 29.2 Å². The fraction of sp³-hybridized carbons (Fsp3) is 0. The van der Waals surface area contributed by atoms with Gasteiger partial charge in [0.15, 0.2) is 5.69 Å². The van der Waals surface area contributed by atoms with E-state index < -0.39 is 0 Å². The van der Waals surface area contributed by atoms with E-state index in [2.05, 4.69) is 105 Å². The molecule has 5 heteroatoms. The van der Waals surface area contributed by atoms with Gasteiger partial charge in [-0.1, -0.05) is 91.0 Å². The van der Waals surface area contributed by atoms with Gasteiger partial charge in [-0.3, -0.25) is 0 Å². The summed E-state index contributed by atoms with van der Waals surface area (Å²) in [5.74, 6) is 0. The van der Waals surface area contributed by atoms with Crippen LogP contribution < -0.4 is 0 Å². The zero-order valence-electron chi connectivity index (χ0n) is 26.7. The van der Waals surface area contributed by atoms with Crippen LogP contribution in [0.25, 0.3) is 82.1 Å². The van der Waals surface area contributed by atoms with E-state index in [4.69, 9.17) is 6.57 Å². The summed E-state index contributed by atoms with van der Waals surface area (Å²) in [6, 6.07) is 55.7. The maximum Gasteiger partial charge on any atom is 0.189 e. The summed E-state index contributed by atoms with van der Waals surface area (Å²) >= 11 is 0. The molecule has 2 heterocycles. The van der Waals surface area contributed by atoms with Gasteiger partial charge in [-0.2, -0.15) is 10.5 Å². The average Bonchev–Trinajstić information content (AvgIpc) is 3.69. The number of fused-ring (bicyclic) bond motifs is 6. The molecule has 230 valence electrons. The van der Waals surface area contributed by atoms with Crippen LogP contribution in [0.1, 0.15) is 11.1 Å². The zero-order chi connectivity index (χ0) is 33.8. The lowest BCUT2D eigenvalue weighted by Crippen LogP contribution is -1.98. The average molecular weight is 636 g/mol. The summed E-state index contributed by atoms with van der Waals surface area (Å²) in [4.78, 5) is 3.67. The van der Waals surface area contributed by atoms with E-state index in [1.54, 1.807) is 0 Å². The molecule has 0 bridgehead atoms. The summed E-state index contributed by atoms with van der Waals surface area (Å²) in [5.41, 5.74) is 11.6. The minimum atomic E-state index is 0.547. The fourth-order valence-electron chi connectivity index (χ4n) is 7.37. The van der Waals surface area contributed by atoms with Crippen molar-refractivity contribution in [3.63, 3.8) is 0 Å². The standard InChI is InChI=1S/C45H25N5/c1-48-34-19-20-38-36-12-3-6-15-42(36)49(45(38)26-34)40-22-18-31(25-33(40)28-47)30-9-8-10-32(24-30)35-11-2-5-14-41(35)50-43-16-7-4-13-37(43)39-23-29(27-46)17-21-44(39)50/h2-26H. The molecule has 9 rings (SSSR count). The Morgan fingerprint density at radius 1 is 0.460 bits per heavy atom. The summed E-state index contributed by atoms with van der Waals surface area (Å²) < 4.78 is 4.38. The molecule has 0 amide bonds. The van der Waals surface area contributed by atoms with Gasteiger partial charge < -0.3 is 9.13 Å². The first kappa shape index (κ1) is 28.8. The van der Waals surface area contributed by atoms with Gasteiger partial charge in [0.2, 0.25) is 0 Å². The Morgan fingerprint density at radius 3 is 1.90 bits per heavy atom. The maximum absolute atomic E-state index is 10.5. The second-order valence-corrected chi connectivity index (χ2v) is 12.3. The van der Waals surface area contributed by atoms with Crippen LogP contribution in [-0.2, 0) is 0 Å². The lowest BCUT2D eigenvalue weighted by atomic mass is 9.96. The van der Waals surface area contributed by atoms with Crippen molar-refractivity contribution in [3.05, 3.63) is 174 Å². The Bertz CT molecular complexity index is 2970. The molecule has 0 fully saturated rings. The number of nitrogens with zero attached hydrogens (tertiary/aromatic N) is 5. The van der Waals surface area contributed by atoms with Crippen molar-refractivity contribution in [1.82, 2.24) is 9.13 Å². The van der Waals surface area contributed by atoms with E-state index in [1.165, 1.54) is 0 Å². The number of aromatic nitrogens is 2. The van der Waals surface area contributed by atoms with Crippen molar-refractivity contribution in [2.45, 2.75) is 0 Å². The maximum atomic E-state index is 10.5. The van der Waals surface area contributed by atoms with E-state index in [1.807, 2.05) is 72.8 Å². The normalized spacial score (nSPS) is 11.1. The second-order valence-electron chi connectivity index (χ2n) is 12.3. The van der Waals surface area contributed by atoms with Crippen molar-refractivity contribution in [2.75, 3.05) is 0 Å². The number of nitriles is 2. The third-order valence-electron chi connectivity index (χ3n) is 9.60. The number of benzene rings is 7. The predicted octanol–water partition coefficient (Wildman–Crippen LogP) is 11.5. The summed E-state index contributed by atoms with van der Waals surface area (Å²) in [6.45, 7) is 7.60. The first-order chi connectivity index (χ1) is 24.7. The van der Waals surface area contributed by atoms with Crippen molar-refractivity contribution < 1.29 is 0 Å². The Hall–Kier alpha value is -7.39. The van der Waals surface area contributed by atoms with Crippen LogP contribution in [-0.4, -0.2) is 9.13 Å². The van der Waals surface area contributed by atoms with E-state index in [-0.39, 0.29) is 0 Å². The molecule has 0 saturated carbocycles. The molecule has 0 saturated heterocycles. The number of hydrogen-bond acceptors (Lipinski definition) is 2. The van der Waals surface area contributed by atoms with Crippen LogP contribution in [0.15, 0.2) is 152 Å². The highest BCUT2D eigenvalue weighted by Gasteiger charge is 2.18. The van der Waals surface area contributed by atoms with Crippen molar-refractivity contribution in [3.8, 4) is 45.8 Å². The molecule has 0 spiro atoms. The first-order valence-electron chi connectivity index (χ1n) is 16.3. The Kier molecular flexibility index (Phi) is 6.56. The molecule has 0 aliphatic carbocycles. The molecule has 0 radical (unpaired) electrons. The quantitative estimate of drug-likeness (QED) is 0.181.